The summed E-state index contributed by atoms with van der Waals surface area (Å²) in [6.45, 7) is 0.334. The van der Waals surface area contributed by atoms with E-state index in [4.69, 9.17) is 0 Å². The summed E-state index contributed by atoms with van der Waals surface area (Å²) < 4.78 is 37.4. The van der Waals surface area contributed by atoms with Gasteiger partial charge in [-0.3, -0.25) is 14.5 Å². The summed E-state index contributed by atoms with van der Waals surface area (Å²) in [5.41, 5.74) is -0.721. The molecule has 1 spiro atoms. The highest BCUT2D eigenvalue weighted by atomic mass is 19.4. The Balaban J connectivity index is 1.63. The maximum atomic E-state index is 12.9. The van der Waals surface area contributed by atoms with Crippen LogP contribution in [0, 0.1) is 5.92 Å². The number of para-hydroxylation sites is 2. The monoisotopic (exact) mass is 426 g/mol. The van der Waals surface area contributed by atoms with Crippen LogP contribution in [0.3, 0.4) is 0 Å². The number of carbonyl (C=O) groups excluding carboxylic acids is 3. The highest BCUT2D eigenvalue weighted by molar-refractivity contribution is 6.10. The van der Waals surface area contributed by atoms with E-state index in [1.165, 1.54) is 18.2 Å². The Bertz CT molecular complexity index is 820. The van der Waals surface area contributed by atoms with Gasteiger partial charge in [-0.25, -0.2) is 4.79 Å². The molecule has 4 amide bonds. The van der Waals surface area contributed by atoms with Crippen LogP contribution in [0.25, 0.3) is 0 Å². The Labute approximate surface area is 172 Å². The summed E-state index contributed by atoms with van der Waals surface area (Å²) in [5, 5.41) is 7.46. The summed E-state index contributed by atoms with van der Waals surface area (Å²) >= 11 is 0. The number of urea groups is 1. The van der Waals surface area contributed by atoms with E-state index in [0.29, 0.717) is 18.8 Å². The van der Waals surface area contributed by atoms with E-state index in [9.17, 15) is 27.6 Å². The maximum Gasteiger partial charge on any atom is 0.405 e. The fourth-order valence-corrected chi connectivity index (χ4v) is 4.01. The van der Waals surface area contributed by atoms with Crippen LogP contribution in [0.1, 0.15) is 39.0 Å². The highest BCUT2D eigenvalue weighted by Gasteiger charge is 2.52. The Hall–Kier alpha value is -2.78. The van der Waals surface area contributed by atoms with Crippen molar-refractivity contribution in [1.29, 1.82) is 0 Å². The van der Waals surface area contributed by atoms with Gasteiger partial charge in [0, 0.05) is 0 Å². The number of carbonyl (C=O) groups is 3. The third kappa shape index (κ3) is 4.85. The SMILES string of the molecule is CCC1CCC2(CC1)NC(=O)N(CC(=O)Nc1ccccc1NCC(F)(F)F)C2=O. The van der Waals surface area contributed by atoms with Gasteiger partial charge in [-0.2, -0.15) is 13.2 Å². The number of hydrogen-bond acceptors (Lipinski definition) is 4. The summed E-state index contributed by atoms with van der Waals surface area (Å²) in [4.78, 5) is 38.6. The molecule has 1 aliphatic carbocycles. The Morgan fingerprint density at radius 2 is 1.83 bits per heavy atom. The van der Waals surface area contributed by atoms with Crippen LogP contribution < -0.4 is 16.0 Å². The molecule has 0 bridgehead atoms. The molecule has 3 rings (SSSR count). The van der Waals surface area contributed by atoms with Crippen LogP contribution in [-0.2, 0) is 9.59 Å². The molecule has 10 heteroatoms. The highest BCUT2D eigenvalue weighted by Crippen LogP contribution is 2.37. The van der Waals surface area contributed by atoms with Gasteiger partial charge in [0.05, 0.1) is 11.4 Å². The second-order valence-corrected chi connectivity index (χ2v) is 7.82. The average Bonchev–Trinajstić information content (AvgIpc) is 2.91. The van der Waals surface area contributed by atoms with Crippen molar-refractivity contribution in [1.82, 2.24) is 10.2 Å². The fraction of sp³-hybridized carbons (Fsp3) is 0.550. The van der Waals surface area contributed by atoms with Crippen molar-refractivity contribution < 1.29 is 27.6 Å². The van der Waals surface area contributed by atoms with E-state index < -0.39 is 42.7 Å². The van der Waals surface area contributed by atoms with E-state index in [1.807, 2.05) is 0 Å². The number of hydrogen-bond donors (Lipinski definition) is 3. The van der Waals surface area contributed by atoms with Crippen molar-refractivity contribution in [3.63, 3.8) is 0 Å². The molecule has 7 nitrogen and oxygen atoms in total. The van der Waals surface area contributed by atoms with Crippen LogP contribution in [0.15, 0.2) is 24.3 Å². The number of rotatable bonds is 6. The molecular formula is C20H25F3N4O3. The maximum absolute atomic E-state index is 12.9. The first-order valence-electron chi connectivity index (χ1n) is 9.97. The van der Waals surface area contributed by atoms with Gasteiger partial charge in [0.2, 0.25) is 5.91 Å². The summed E-state index contributed by atoms with van der Waals surface area (Å²) in [6.07, 6.45) is -0.646. The standard InChI is InChI=1S/C20H25F3N4O3/c1-2-13-7-9-19(10-8-13)17(29)27(18(30)26-19)11-16(28)25-15-6-4-3-5-14(15)24-12-20(21,22)23/h3-6,13,24H,2,7-12H2,1H3,(H,25,28)(H,26,30). The third-order valence-electron chi connectivity index (χ3n) is 5.76. The number of nitrogens with one attached hydrogen (secondary N) is 3. The second kappa shape index (κ2) is 8.53. The molecule has 0 unspecified atom stereocenters. The number of halogens is 3. The van der Waals surface area contributed by atoms with E-state index in [1.54, 1.807) is 6.07 Å². The van der Waals surface area contributed by atoms with Gasteiger partial charge < -0.3 is 16.0 Å². The van der Waals surface area contributed by atoms with Crippen molar-refractivity contribution in [3.8, 4) is 0 Å². The van der Waals surface area contributed by atoms with Gasteiger partial charge in [0.1, 0.15) is 18.6 Å². The third-order valence-corrected chi connectivity index (χ3v) is 5.76. The first-order chi connectivity index (χ1) is 14.1. The molecule has 1 aromatic rings. The number of imide groups is 1. The predicted octanol–water partition coefficient (Wildman–Crippen LogP) is 3.49. The first kappa shape index (κ1) is 21.9. The van der Waals surface area contributed by atoms with Crippen molar-refractivity contribution in [2.75, 3.05) is 23.7 Å². The fourth-order valence-electron chi connectivity index (χ4n) is 4.01. The van der Waals surface area contributed by atoms with Crippen LogP contribution in [-0.4, -0.2) is 47.6 Å². The van der Waals surface area contributed by atoms with Crippen LogP contribution in [0.5, 0.6) is 0 Å². The smallest absolute Gasteiger partial charge is 0.375 e. The zero-order chi connectivity index (χ0) is 21.9. The molecule has 1 saturated carbocycles. The summed E-state index contributed by atoms with van der Waals surface area (Å²) in [6, 6.07) is 5.31. The van der Waals surface area contributed by atoms with Crippen LogP contribution in [0.4, 0.5) is 29.3 Å². The predicted molar refractivity (Wildman–Crippen MR) is 105 cm³/mol. The van der Waals surface area contributed by atoms with E-state index in [-0.39, 0.29) is 11.4 Å². The lowest BCUT2D eigenvalue weighted by Gasteiger charge is -2.34. The molecule has 3 N–H and O–H groups in total. The van der Waals surface area contributed by atoms with Crippen molar-refractivity contribution in [2.24, 2.45) is 5.92 Å². The zero-order valence-electron chi connectivity index (χ0n) is 16.6. The van der Waals surface area contributed by atoms with Gasteiger partial charge in [-0.05, 0) is 43.7 Å². The molecule has 2 fully saturated rings. The topological polar surface area (TPSA) is 90.5 Å². The first-order valence-corrected chi connectivity index (χ1v) is 9.97. The van der Waals surface area contributed by atoms with E-state index in [0.717, 1.165) is 24.2 Å². The van der Waals surface area contributed by atoms with Crippen LogP contribution >= 0.6 is 0 Å². The quantitative estimate of drug-likeness (QED) is 0.608. The number of alkyl halides is 3. The lowest BCUT2D eigenvalue weighted by Crippen LogP contribution is -2.49. The molecule has 0 aromatic heterocycles. The normalized spacial score (nSPS) is 24.1. The molecule has 1 saturated heterocycles. The minimum Gasteiger partial charge on any atom is -0.375 e. The number of anilines is 2. The molecule has 1 heterocycles. The summed E-state index contributed by atoms with van der Waals surface area (Å²) in [7, 11) is 0. The summed E-state index contributed by atoms with van der Waals surface area (Å²) in [5.74, 6) is -0.557. The number of benzene rings is 1. The minimum atomic E-state index is -4.41. The average molecular weight is 426 g/mol. The van der Waals surface area contributed by atoms with Crippen molar-refractivity contribution in [3.05, 3.63) is 24.3 Å². The lowest BCUT2D eigenvalue weighted by atomic mass is 9.75. The lowest BCUT2D eigenvalue weighted by molar-refractivity contribution is -0.135. The molecular weight excluding hydrogens is 401 g/mol. The van der Waals surface area contributed by atoms with E-state index >= 15 is 0 Å². The Morgan fingerprint density at radius 1 is 1.20 bits per heavy atom. The van der Waals surface area contributed by atoms with Gasteiger partial charge in [0.15, 0.2) is 0 Å². The van der Waals surface area contributed by atoms with Crippen molar-refractivity contribution >= 4 is 29.2 Å². The molecule has 0 atom stereocenters. The zero-order valence-corrected chi connectivity index (χ0v) is 16.6. The Morgan fingerprint density at radius 3 is 2.43 bits per heavy atom. The van der Waals surface area contributed by atoms with Gasteiger partial charge in [-0.1, -0.05) is 25.5 Å². The largest absolute Gasteiger partial charge is 0.405 e. The van der Waals surface area contributed by atoms with E-state index in [2.05, 4.69) is 22.9 Å². The Kier molecular flexibility index (Phi) is 6.23. The van der Waals surface area contributed by atoms with Crippen molar-refractivity contribution in [2.45, 2.75) is 50.7 Å². The molecule has 2 aliphatic rings. The second-order valence-electron chi connectivity index (χ2n) is 7.82. The van der Waals surface area contributed by atoms with Gasteiger partial charge in [0.25, 0.3) is 5.91 Å². The molecule has 1 aromatic carbocycles. The van der Waals surface area contributed by atoms with Crippen LogP contribution in [0.2, 0.25) is 0 Å². The van der Waals surface area contributed by atoms with Gasteiger partial charge >= 0.3 is 12.2 Å². The van der Waals surface area contributed by atoms with Gasteiger partial charge in [-0.15, -0.1) is 0 Å². The molecule has 164 valence electrons. The molecule has 1 aliphatic heterocycles. The number of amides is 4. The number of nitrogens with zero attached hydrogens (tertiary/aromatic N) is 1. The molecule has 0 radical (unpaired) electrons. The minimum absolute atomic E-state index is 0.0923. The molecule has 30 heavy (non-hydrogen) atoms.